The first-order valence-electron chi connectivity index (χ1n) is 7.49. The fraction of sp³-hybridized carbons (Fsp3) is 0.471. The number of hydrogen-bond acceptors (Lipinski definition) is 3. The fourth-order valence-electron chi connectivity index (χ4n) is 2.23. The van der Waals surface area contributed by atoms with Gasteiger partial charge in [-0.05, 0) is 37.1 Å². The van der Waals surface area contributed by atoms with E-state index in [1.807, 2.05) is 13.0 Å². The molecule has 2 nitrogen and oxygen atoms in total. The van der Waals surface area contributed by atoms with Crippen molar-refractivity contribution in [3.63, 3.8) is 0 Å². The van der Waals surface area contributed by atoms with Gasteiger partial charge in [0.25, 0.3) is 0 Å². The molecule has 0 unspecified atom stereocenters. The zero-order valence-corrected chi connectivity index (χ0v) is 14.0. The SMILES string of the molecule is CCCc1nc(-c2cc(C)cc(F)c2)sc1CNC(C)C. The maximum Gasteiger partial charge on any atom is 0.124 e. The van der Waals surface area contributed by atoms with Crippen LogP contribution in [0.3, 0.4) is 0 Å². The van der Waals surface area contributed by atoms with Gasteiger partial charge in [0.2, 0.25) is 0 Å². The molecule has 0 atom stereocenters. The van der Waals surface area contributed by atoms with Crippen LogP contribution >= 0.6 is 11.3 Å². The van der Waals surface area contributed by atoms with Crippen LogP contribution in [0.5, 0.6) is 0 Å². The highest BCUT2D eigenvalue weighted by molar-refractivity contribution is 7.15. The summed E-state index contributed by atoms with van der Waals surface area (Å²) in [4.78, 5) is 6.01. The molecule has 21 heavy (non-hydrogen) atoms. The minimum atomic E-state index is -0.195. The Kier molecular flexibility index (Phi) is 5.48. The third-order valence-electron chi connectivity index (χ3n) is 3.22. The van der Waals surface area contributed by atoms with Gasteiger partial charge in [-0.15, -0.1) is 11.3 Å². The normalized spacial score (nSPS) is 11.3. The summed E-state index contributed by atoms with van der Waals surface area (Å²) in [5.41, 5.74) is 2.96. The van der Waals surface area contributed by atoms with Gasteiger partial charge in [0.1, 0.15) is 10.8 Å². The number of hydrogen-bond donors (Lipinski definition) is 1. The Bertz CT molecular complexity index is 585. The van der Waals surface area contributed by atoms with E-state index in [9.17, 15) is 4.39 Å². The van der Waals surface area contributed by atoms with Crippen molar-refractivity contribution in [2.45, 2.75) is 53.1 Å². The highest BCUT2D eigenvalue weighted by atomic mass is 32.1. The van der Waals surface area contributed by atoms with Gasteiger partial charge >= 0.3 is 0 Å². The van der Waals surface area contributed by atoms with Crippen LogP contribution in [0, 0.1) is 12.7 Å². The maximum atomic E-state index is 13.6. The van der Waals surface area contributed by atoms with Gasteiger partial charge in [-0.3, -0.25) is 0 Å². The van der Waals surface area contributed by atoms with E-state index in [-0.39, 0.29) is 5.82 Å². The molecule has 0 radical (unpaired) electrons. The summed E-state index contributed by atoms with van der Waals surface area (Å²) in [5.74, 6) is -0.195. The first-order valence-corrected chi connectivity index (χ1v) is 8.30. The molecule has 114 valence electrons. The van der Waals surface area contributed by atoms with E-state index in [1.165, 1.54) is 4.88 Å². The second-order valence-electron chi connectivity index (χ2n) is 5.69. The molecular formula is C17H23FN2S. The third kappa shape index (κ3) is 4.35. The molecule has 0 fully saturated rings. The highest BCUT2D eigenvalue weighted by Gasteiger charge is 2.13. The lowest BCUT2D eigenvalue weighted by Gasteiger charge is -2.07. The number of rotatable bonds is 6. The number of halogens is 1. The predicted molar refractivity (Wildman–Crippen MR) is 88.2 cm³/mol. The molecule has 0 aliphatic carbocycles. The lowest BCUT2D eigenvalue weighted by molar-refractivity contribution is 0.589. The van der Waals surface area contributed by atoms with Crippen molar-refractivity contribution in [3.05, 3.63) is 40.2 Å². The van der Waals surface area contributed by atoms with Gasteiger partial charge in [-0.1, -0.05) is 27.2 Å². The molecule has 0 saturated heterocycles. The molecular weight excluding hydrogens is 283 g/mol. The van der Waals surface area contributed by atoms with Gasteiger partial charge in [0.05, 0.1) is 5.69 Å². The molecule has 0 aliphatic heterocycles. The minimum absolute atomic E-state index is 0.195. The van der Waals surface area contributed by atoms with E-state index in [0.717, 1.165) is 41.2 Å². The van der Waals surface area contributed by atoms with Crippen LogP contribution in [0.15, 0.2) is 18.2 Å². The fourth-order valence-corrected chi connectivity index (χ4v) is 3.28. The Morgan fingerprint density at radius 2 is 2.05 bits per heavy atom. The summed E-state index contributed by atoms with van der Waals surface area (Å²) in [6, 6.07) is 5.56. The van der Waals surface area contributed by atoms with Crippen molar-refractivity contribution in [3.8, 4) is 10.6 Å². The van der Waals surface area contributed by atoms with Gasteiger partial charge in [-0.2, -0.15) is 0 Å². The predicted octanol–water partition coefficient (Wildman–Crippen LogP) is 4.71. The number of aromatic nitrogens is 1. The molecule has 1 aromatic heterocycles. The van der Waals surface area contributed by atoms with Crippen LogP contribution in [0.2, 0.25) is 0 Å². The molecule has 1 aromatic carbocycles. The highest BCUT2D eigenvalue weighted by Crippen LogP contribution is 2.30. The van der Waals surface area contributed by atoms with E-state index >= 15 is 0 Å². The van der Waals surface area contributed by atoms with Gasteiger partial charge in [0.15, 0.2) is 0 Å². The van der Waals surface area contributed by atoms with Crippen molar-refractivity contribution in [2.24, 2.45) is 0 Å². The van der Waals surface area contributed by atoms with Crippen molar-refractivity contribution in [1.29, 1.82) is 0 Å². The van der Waals surface area contributed by atoms with E-state index in [2.05, 4.69) is 26.1 Å². The van der Waals surface area contributed by atoms with E-state index < -0.39 is 0 Å². The Balaban J connectivity index is 2.33. The Morgan fingerprint density at radius 3 is 2.67 bits per heavy atom. The van der Waals surface area contributed by atoms with Crippen LogP contribution in [-0.2, 0) is 13.0 Å². The quantitative estimate of drug-likeness (QED) is 0.836. The first kappa shape index (κ1) is 16.1. The molecule has 0 aliphatic rings. The molecule has 0 saturated carbocycles. The summed E-state index contributed by atoms with van der Waals surface area (Å²) in [6.07, 6.45) is 2.04. The Labute approximate surface area is 130 Å². The summed E-state index contributed by atoms with van der Waals surface area (Å²) in [7, 11) is 0. The van der Waals surface area contributed by atoms with Gasteiger partial charge in [-0.25, -0.2) is 9.37 Å². The molecule has 1 N–H and O–H groups in total. The zero-order valence-electron chi connectivity index (χ0n) is 13.2. The van der Waals surface area contributed by atoms with Crippen molar-refractivity contribution >= 4 is 11.3 Å². The lowest BCUT2D eigenvalue weighted by atomic mass is 10.1. The second kappa shape index (κ2) is 7.14. The Hall–Kier alpha value is -1.26. The maximum absolute atomic E-state index is 13.6. The summed E-state index contributed by atoms with van der Waals surface area (Å²) in [5, 5.41) is 4.36. The van der Waals surface area contributed by atoms with Crippen molar-refractivity contribution < 1.29 is 4.39 Å². The second-order valence-corrected chi connectivity index (χ2v) is 6.78. The smallest absolute Gasteiger partial charge is 0.124 e. The summed E-state index contributed by atoms with van der Waals surface area (Å²) in [6.45, 7) is 9.17. The standard InChI is InChI=1S/C17H23FN2S/c1-5-6-15-16(10-19-11(2)3)21-17(20-15)13-7-12(4)8-14(18)9-13/h7-9,11,19H,5-6,10H2,1-4H3. The van der Waals surface area contributed by atoms with E-state index in [1.54, 1.807) is 23.5 Å². The number of thiazole rings is 1. The largest absolute Gasteiger partial charge is 0.310 e. The number of aryl methyl sites for hydroxylation is 2. The van der Waals surface area contributed by atoms with E-state index in [4.69, 9.17) is 4.98 Å². The van der Waals surface area contributed by atoms with Gasteiger partial charge in [0, 0.05) is 23.0 Å². The minimum Gasteiger partial charge on any atom is -0.310 e. The number of nitrogens with zero attached hydrogens (tertiary/aromatic N) is 1. The molecule has 1 heterocycles. The lowest BCUT2D eigenvalue weighted by Crippen LogP contribution is -2.21. The zero-order chi connectivity index (χ0) is 15.4. The Morgan fingerprint density at radius 1 is 1.29 bits per heavy atom. The molecule has 0 spiro atoms. The summed E-state index contributed by atoms with van der Waals surface area (Å²) < 4.78 is 13.6. The van der Waals surface area contributed by atoms with Gasteiger partial charge < -0.3 is 5.32 Å². The van der Waals surface area contributed by atoms with Crippen LogP contribution in [0.25, 0.3) is 10.6 Å². The van der Waals surface area contributed by atoms with Crippen LogP contribution < -0.4 is 5.32 Å². The summed E-state index contributed by atoms with van der Waals surface area (Å²) >= 11 is 1.67. The molecule has 0 bridgehead atoms. The van der Waals surface area contributed by atoms with Crippen molar-refractivity contribution in [2.75, 3.05) is 0 Å². The third-order valence-corrected chi connectivity index (χ3v) is 4.37. The van der Waals surface area contributed by atoms with Crippen molar-refractivity contribution in [1.82, 2.24) is 10.3 Å². The first-order chi connectivity index (χ1) is 9.99. The molecule has 4 heteroatoms. The average Bonchev–Trinajstić information content (AvgIpc) is 2.79. The average molecular weight is 306 g/mol. The molecule has 2 aromatic rings. The van der Waals surface area contributed by atoms with E-state index in [0.29, 0.717) is 6.04 Å². The number of nitrogens with one attached hydrogen (secondary N) is 1. The number of benzene rings is 1. The van der Waals surface area contributed by atoms with Crippen LogP contribution in [-0.4, -0.2) is 11.0 Å². The molecule has 2 rings (SSSR count). The monoisotopic (exact) mass is 306 g/mol. The topological polar surface area (TPSA) is 24.9 Å². The van der Waals surface area contributed by atoms with Crippen LogP contribution in [0.4, 0.5) is 4.39 Å². The molecule has 0 amide bonds. The van der Waals surface area contributed by atoms with Crippen LogP contribution in [0.1, 0.15) is 43.3 Å².